The molecular formula is C21H27ClN3O3+. The number of hydrogen-bond donors (Lipinski definition) is 3. The summed E-state index contributed by atoms with van der Waals surface area (Å²) in [6.45, 7) is 6.21. The molecule has 1 unspecified atom stereocenters. The van der Waals surface area contributed by atoms with Crippen molar-refractivity contribution in [2.75, 3.05) is 36.9 Å². The normalized spacial score (nSPS) is 11.5. The number of amides is 2. The second-order valence-electron chi connectivity index (χ2n) is 6.49. The molecule has 0 saturated heterocycles. The smallest absolute Gasteiger partial charge is 0.279 e. The number of likely N-dealkylation sites (N-methyl/N-ethyl adjacent to an activating group) is 1. The van der Waals surface area contributed by atoms with Crippen LogP contribution in [-0.2, 0) is 9.59 Å². The number of benzene rings is 2. The Bertz CT molecular complexity index is 763. The highest BCUT2D eigenvalue weighted by Gasteiger charge is 2.12. The maximum Gasteiger partial charge on any atom is 0.279 e. The van der Waals surface area contributed by atoms with E-state index in [1.807, 2.05) is 12.1 Å². The number of carbonyl (C=O) groups excluding carboxylic acids is 2. The molecule has 28 heavy (non-hydrogen) atoms. The summed E-state index contributed by atoms with van der Waals surface area (Å²) in [7, 11) is 0. The van der Waals surface area contributed by atoms with Gasteiger partial charge in [0.1, 0.15) is 5.75 Å². The first-order valence-corrected chi connectivity index (χ1v) is 9.73. The number of nitrogens with one attached hydrogen (secondary N) is 3. The topological polar surface area (TPSA) is 71.9 Å². The molecule has 0 spiro atoms. The van der Waals surface area contributed by atoms with Crippen molar-refractivity contribution in [1.29, 1.82) is 0 Å². The summed E-state index contributed by atoms with van der Waals surface area (Å²) >= 11 is 5.85. The Balaban J connectivity index is 1.71. The van der Waals surface area contributed by atoms with Crippen LogP contribution in [0.3, 0.4) is 0 Å². The van der Waals surface area contributed by atoms with Gasteiger partial charge < -0.3 is 20.3 Å². The summed E-state index contributed by atoms with van der Waals surface area (Å²) in [5.41, 5.74) is 1.41. The fourth-order valence-corrected chi connectivity index (χ4v) is 2.83. The van der Waals surface area contributed by atoms with E-state index in [0.717, 1.165) is 25.3 Å². The minimum Gasteiger partial charge on any atom is -0.493 e. The highest BCUT2D eigenvalue weighted by molar-refractivity contribution is 6.30. The standard InChI is InChI=1S/C21H26ClN3O3/c1-3-25(13-4-14-28-20-11-5-17(22)6-12-20)15-21(27)24-19-9-7-18(8-10-19)23-16(2)26/h5-12H,3-4,13-15H2,1-2H3,(H,23,26)(H,24,27)/p+1. The van der Waals surface area contributed by atoms with Gasteiger partial charge in [-0.25, -0.2) is 0 Å². The van der Waals surface area contributed by atoms with Crippen molar-refractivity contribution in [3.05, 3.63) is 53.6 Å². The minimum atomic E-state index is -0.126. The van der Waals surface area contributed by atoms with Crippen LogP contribution in [0.4, 0.5) is 11.4 Å². The van der Waals surface area contributed by atoms with Crippen molar-refractivity contribution in [2.24, 2.45) is 0 Å². The van der Waals surface area contributed by atoms with Crippen molar-refractivity contribution in [2.45, 2.75) is 20.3 Å². The van der Waals surface area contributed by atoms with E-state index in [2.05, 4.69) is 17.6 Å². The van der Waals surface area contributed by atoms with Crippen LogP contribution in [0.1, 0.15) is 20.3 Å². The lowest BCUT2D eigenvalue weighted by Gasteiger charge is -2.17. The molecule has 0 aromatic heterocycles. The van der Waals surface area contributed by atoms with Gasteiger partial charge in [0.25, 0.3) is 5.91 Å². The van der Waals surface area contributed by atoms with Crippen LogP contribution in [-0.4, -0.2) is 38.1 Å². The van der Waals surface area contributed by atoms with Crippen LogP contribution in [0.5, 0.6) is 5.75 Å². The molecule has 0 heterocycles. The van der Waals surface area contributed by atoms with E-state index >= 15 is 0 Å². The van der Waals surface area contributed by atoms with Crippen molar-refractivity contribution in [3.63, 3.8) is 0 Å². The molecule has 0 saturated carbocycles. The van der Waals surface area contributed by atoms with Gasteiger partial charge >= 0.3 is 0 Å². The van der Waals surface area contributed by atoms with E-state index < -0.39 is 0 Å². The van der Waals surface area contributed by atoms with Crippen LogP contribution in [0.25, 0.3) is 0 Å². The molecule has 6 nitrogen and oxygen atoms in total. The first-order valence-electron chi connectivity index (χ1n) is 9.35. The second kappa shape index (κ2) is 11.3. The Morgan fingerprint density at radius 2 is 1.61 bits per heavy atom. The summed E-state index contributed by atoms with van der Waals surface area (Å²) in [5, 5.41) is 6.27. The van der Waals surface area contributed by atoms with Crippen LogP contribution >= 0.6 is 11.6 Å². The maximum atomic E-state index is 12.3. The Morgan fingerprint density at radius 1 is 1.00 bits per heavy atom. The summed E-state index contributed by atoms with van der Waals surface area (Å²) < 4.78 is 5.69. The molecule has 0 bridgehead atoms. The van der Waals surface area contributed by atoms with Gasteiger partial charge in [-0.2, -0.15) is 0 Å². The average Bonchev–Trinajstić information content (AvgIpc) is 2.66. The number of quaternary nitrogens is 1. The second-order valence-corrected chi connectivity index (χ2v) is 6.93. The number of rotatable bonds is 10. The highest BCUT2D eigenvalue weighted by Crippen LogP contribution is 2.15. The predicted octanol–water partition coefficient (Wildman–Crippen LogP) is 2.61. The van der Waals surface area contributed by atoms with Crippen molar-refractivity contribution >= 4 is 34.8 Å². The highest BCUT2D eigenvalue weighted by atomic mass is 35.5. The SMILES string of the molecule is CC[NH+](CCCOc1ccc(Cl)cc1)CC(=O)Nc1ccc(NC(C)=O)cc1. The van der Waals surface area contributed by atoms with Gasteiger partial charge in [-0.05, 0) is 55.5 Å². The van der Waals surface area contributed by atoms with Gasteiger partial charge in [-0.1, -0.05) is 11.6 Å². The van der Waals surface area contributed by atoms with Crippen LogP contribution in [0.15, 0.2) is 48.5 Å². The lowest BCUT2D eigenvalue weighted by molar-refractivity contribution is -0.890. The third-order valence-electron chi connectivity index (χ3n) is 4.16. The third kappa shape index (κ3) is 7.98. The van der Waals surface area contributed by atoms with E-state index in [1.165, 1.54) is 11.8 Å². The van der Waals surface area contributed by atoms with Crippen LogP contribution in [0, 0.1) is 0 Å². The minimum absolute atomic E-state index is 0.0391. The summed E-state index contributed by atoms with van der Waals surface area (Å²) in [4.78, 5) is 24.5. The Labute approximate surface area is 170 Å². The first kappa shape index (κ1) is 21.7. The third-order valence-corrected chi connectivity index (χ3v) is 4.41. The largest absolute Gasteiger partial charge is 0.493 e. The molecule has 0 radical (unpaired) electrons. The van der Waals surface area contributed by atoms with Gasteiger partial charge in [0.05, 0.1) is 19.7 Å². The average molecular weight is 405 g/mol. The fourth-order valence-electron chi connectivity index (χ4n) is 2.71. The van der Waals surface area contributed by atoms with Crippen LogP contribution < -0.4 is 20.3 Å². The van der Waals surface area contributed by atoms with Gasteiger partial charge in [0, 0.05) is 29.7 Å². The van der Waals surface area contributed by atoms with Crippen molar-refractivity contribution < 1.29 is 19.2 Å². The fraction of sp³-hybridized carbons (Fsp3) is 0.333. The maximum absolute atomic E-state index is 12.3. The molecule has 1 atom stereocenters. The number of halogens is 1. The number of anilines is 2. The monoisotopic (exact) mass is 404 g/mol. The Kier molecular flexibility index (Phi) is 8.78. The lowest BCUT2D eigenvalue weighted by atomic mass is 10.2. The van der Waals surface area contributed by atoms with Gasteiger partial charge in [-0.3, -0.25) is 9.59 Å². The molecular weight excluding hydrogens is 378 g/mol. The van der Waals surface area contributed by atoms with E-state index in [0.29, 0.717) is 29.5 Å². The molecule has 0 aliphatic rings. The predicted molar refractivity (Wildman–Crippen MR) is 112 cm³/mol. The van der Waals surface area contributed by atoms with Gasteiger partial charge in [0.15, 0.2) is 6.54 Å². The molecule has 2 aromatic carbocycles. The molecule has 2 rings (SSSR count). The Hall–Kier alpha value is -2.57. The van der Waals surface area contributed by atoms with Gasteiger partial charge in [0.2, 0.25) is 5.91 Å². The summed E-state index contributed by atoms with van der Waals surface area (Å²) in [6.07, 6.45) is 0.852. The van der Waals surface area contributed by atoms with E-state index in [-0.39, 0.29) is 11.8 Å². The zero-order chi connectivity index (χ0) is 20.4. The molecule has 0 aliphatic carbocycles. The zero-order valence-electron chi connectivity index (χ0n) is 16.3. The summed E-state index contributed by atoms with van der Waals surface area (Å²) in [6, 6.07) is 14.4. The molecule has 7 heteroatoms. The quantitative estimate of drug-likeness (QED) is 0.533. The summed E-state index contributed by atoms with van der Waals surface area (Å²) in [5.74, 6) is 0.629. The van der Waals surface area contributed by atoms with Crippen molar-refractivity contribution in [1.82, 2.24) is 0 Å². The van der Waals surface area contributed by atoms with E-state index in [4.69, 9.17) is 16.3 Å². The number of hydrogen-bond acceptors (Lipinski definition) is 3. The number of ether oxygens (including phenoxy) is 1. The molecule has 3 N–H and O–H groups in total. The number of carbonyl (C=O) groups is 2. The molecule has 2 aromatic rings. The van der Waals surface area contributed by atoms with Crippen molar-refractivity contribution in [3.8, 4) is 5.75 Å². The van der Waals surface area contributed by atoms with E-state index in [9.17, 15) is 9.59 Å². The van der Waals surface area contributed by atoms with Crippen LogP contribution in [0.2, 0.25) is 5.02 Å². The van der Waals surface area contributed by atoms with E-state index in [1.54, 1.807) is 36.4 Å². The lowest BCUT2D eigenvalue weighted by Crippen LogP contribution is -3.12. The molecule has 0 fully saturated rings. The zero-order valence-corrected chi connectivity index (χ0v) is 17.0. The molecule has 2 amide bonds. The first-order chi connectivity index (χ1) is 13.5. The molecule has 0 aliphatic heterocycles. The molecule has 150 valence electrons. The Morgan fingerprint density at radius 3 is 2.18 bits per heavy atom. The van der Waals surface area contributed by atoms with Gasteiger partial charge in [-0.15, -0.1) is 0 Å².